The van der Waals surface area contributed by atoms with Crippen molar-refractivity contribution in [3.8, 4) is 0 Å². The molecule has 1 aromatic rings. The Morgan fingerprint density at radius 2 is 1.77 bits per heavy atom. The lowest BCUT2D eigenvalue weighted by Crippen LogP contribution is -2.35. The summed E-state index contributed by atoms with van der Waals surface area (Å²) in [6.45, 7) is 3.85. The largest absolute Gasteiger partial charge is 0.303 e. The molecular formula is C19H24O3. The number of hydrogen-bond acceptors (Lipinski definition) is 3. The van der Waals surface area contributed by atoms with Gasteiger partial charge in [-0.25, -0.2) is 0 Å². The average Bonchev–Trinajstić information content (AvgIpc) is 2.84. The molecule has 0 N–H and O–H groups in total. The molecule has 3 nitrogen and oxygen atoms in total. The smallest absolute Gasteiger partial charge is 0.147 e. The van der Waals surface area contributed by atoms with Crippen molar-refractivity contribution in [1.82, 2.24) is 0 Å². The Bertz CT molecular complexity index is 543. The fourth-order valence-corrected chi connectivity index (χ4v) is 3.58. The number of benzene rings is 1. The van der Waals surface area contributed by atoms with Crippen molar-refractivity contribution in [3.05, 3.63) is 35.9 Å². The fourth-order valence-electron chi connectivity index (χ4n) is 3.58. The van der Waals surface area contributed by atoms with Gasteiger partial charge in [0.05, 0.1) is 5.92 Å². The van der Waals surface area contributed by atoms with Gasteiger partial charge >= 0.3 is 0 Å². The molecule has 0 aliphatic heterocycles. The summed E-state index contributed by atoms with van der Waals surface area (Å²) in [5.74, 6) is -0.952. The Kier molecular flexibility index (Phi) is 5.28. The van der Waals surface area contributed by atoms with Crippen LogP contribution < -0.4 is 0 Å². The predicted molar refractivity (Wildman–Crippen MR) is 85.5 cm³/mol. The summed E-state index contributed by atoms with van der Waals surface area (Å²) in [5.41, 5.74) is 0.480. The van der Waals surface area contributed by atoms with Gasteiger partial charge in [0.15, 0.2) is 0 Å². The minimum atomic E-state index is -0.658. The molecule has 1 aliphatic rings. The first-order valence-corrected chi connectivity index (χ1v) is 8.14. The van der Waals surface area contributed by atoms with Crippen molar-refractivity contribution in [3.63, 3.8) is 0 Å². The van der Waals surface area contributed by atoms with Crippen molar-refractivity contribution < 1.29 is 14.4 Å². The Morgan fingerprint density at radius 3 is 2.32 bits per heavy atom. The molecule has 0 amide bonds. The Hall–Kier alpha value is -1.77. The highest BCUT2D eigenvalue weighted by molar-refractivity contribution is 6.11. The summed E-state index contributed by atoms with van der Waals surface area (Å²) in [6.07, 6.45) is 3.65. The third-order valence-corrected chi connectivity index (χ3v) is 5.29. The third kappa shape index (κ3) is 3.03. The summed E-state index contributed by atoms with van der Waals surface area (Å²) >= 11 is 0. The zero-order valence-electron chi connectivity index (χ0n) is 13.4. The van der Waals surface area contributed by atoms with Crippen molar-refractivity contribution in [2.45, 2.75) is 46.0 Å². The van der Waals surface area contributed by atoms with E-state index in [4.69, 9.17) is 0 Å². The van der Waals surface area contributed by atoms with Gasteiger partial charge in [-0.1, -0.05) is 44.2 Å². The Labute approximate surface area is 132 Å². The molecule has 0 heterocycles. The van der Waals surface area contributed by atoms with E-state index in [2.05, 4.69) is 0 Å². The molecule has 118 valence electrons. The summed E-state index contributed by atoms with van der Waals surface area (Å²) in [6, 6.07) is 9.89. The molecule has 22 heavy (non-hydrogen) atoms. The van der Waals surface area contributed by atoms with E-state index >= 15 is 0 Å². The predicted octanol–water partition coefficient (Wildman–Crippen LogP) is 3.40. The van der Waals surface area contributed by atoms with Crippen LogP contribution in [0, 0.1) is 17.3 Å². The van der Waals surface area contributed by atoms with Gasteiger partial charge in [0.1, 0.15) is 17.9 Å². The quantitative estimate of drug-likeness (QED) is 0.573. The standard InChI is InChI=1S/C19H24O3/c1-3-19(4-2,13-20)16-12-17(21)15(18(16)22)11-10-14-8-6-5-7-9-14/h5-9,13,15-16H,3-4,10-12H2,1-2H3/t15-,16+/m1/s1. The van der Waals surface area contributed by atoms with Gasteiger partial charge in [0.25, 0.3) is 0 Å². The minimum absolute atomic E-state index is 0.0130. The minimum Gasteiger partial charge on any atom is -0.303 e. The van der Waals surface area contributed by atoms with E-state index in [1.54, 1.807) is 0 Å². The molecule has 0 bridgehead atoms. The van der Waals surface area contributed by atoms with Crippen molar-refractivity contribution in [2.75, 3.05) is 0 Å². The lowest BCUT2D eigenvalue weighted by atomic mass is 9.70. The van der Waals surface area contributed by atoms with Crippen LogP contribution in [0.1, 0.15) is 45.1 Å². The SMILES string of the molecule is CCC(C=O)(CC)[C@H]1CC(=O)[C@@H](CCc2ccccc2)C1=O. The molecule has 3 heteroatoms. The number of carbonyl (C=O) groups is 3. The van der Waals surface area contributed by atoms with Crippen LogP contribution >= 0.6 is 0 Å². The van der Waals surface area contributed by atoms with Crippen molar-refractivity contribution >= 4 is 17.9 Å². The average molecular weight is 300 g/mol. The highest BCUT2D eigenvalue weighted by atomic mass is 16.2. The summed E-state index contributed by atoms with van der Waals surface area (Å²) in [4.78, 5) is 36.5. The molecule has 2 rings (SSSR count). The zero-order chi connectivity index (χ0) is 16.2. The van der Waals surface area contributed by atoms with Gasteiger partial charge in [0, 0.05) is 17.8 Å². The number of carbonyl (C=O) groups excluding carboxylic acids is 3. The van der Waals surface area contributed by atoms with Crippen LogP contribution in [0.15, 0.2) is 30.3 Å². The number of ketones is 2. The maximum atomic E-state index is 12.7. The van der Waals surface area contributed by atoms with Crippen LogP contribution in [0.4, 0.5) is 0 Å². The van der Waals surface area contributed by atoms with E-state index in [-0.39, 0.29) is 18.0 Å². The third-order valence-electron chi connectivity index (χ3n) is 5.29. The molecule has 2 atom stereocenters. The molecule has 0 aromatic heterocycles. The lowest BCUT2D eigenvalue weighted by Gasteiger charge is -2.30. The number of aldehydes is 1. The number of aryl methyl sites for hydroxylation is 1. The van der Waals surface area contributed by atoms with Gasteiger partial charge in [-0.2, -0.15) is 0 Å². The van der Waals surface area contributed by atoms with Gasteiger partial charge in [-0.3, -0.25) is 9.59 Å². The molecule has 0 radical (unpaired) electrons. The summed E-state index contributed by atoms with van der Waals surface area (Å²) in [7, 11) is 0. The highest BCUT2D eigenvalue weighted by Gasteiger charge is 2.50. The topological polar surface area (TPSA) is 51.2 Å². The first-order chi connectivity index (χ1) is 10.6. The van der Waals surface area contributed by atoms with Crippen LogP contribution in [0.2, 0.25) is 0 Å². The lowest BCUT2D eigenvalue weighted by molar-refractivity contribution is -0.134. The van der Waals surface area contributed by atoms with E-state index in [1.807, 2.05) is 44.2 Å². The van der Waals surface area contributed by atoms with E-state index < -0.39 is 17.3 Å². The first-order valence-electron chi connectivity index (χ1n) is 8.14. The molecule has 1 fully saturated rings. The first kappa shape index (κ1) is 16.6. The van der Waals surface area contributed by atoms with Crippen molar-refractivity contribution in [1.29, 1.82) is 0 Å². The number of hydrogen-bond donors (Lipinski definition) is 0. The van der Waals surface area contributed by atoms with E-state index in [9.17, 15) is 14.4 Å². The van der Waals surface area contributed by atoms with Crippen LogP contribution in [0.5, 0.6) is 0 Å². The second kappa shape index (κ2) is 6.99. The fraction of sp³-hybridized carbons (Fsp3) is 0.526. The summed E-state index contributed by atoms with van der Waals surface area (Å²) < 4.78 is 0. The molecule has 1 aliphatic carbocycles. The number of rotatable bonds is 7. The highest BCUT2D eigenvalue weighted by Crippen LogP contribution is 2.42. The maximum absolute atomic E-state index is 12.7. The summed E-state index contributed by atoms with van der Waals surface area (Å²) in [5, 5.41) is 0. The molecular weight excluding hydrogens is 276 g/mol. The van der Waals surface area contributed by atoms with Crippen molar-refractivity contribution in [2.24, 2.45) is 17.3 Å². The van der Waals surface area contributed by atoms with Crippen LogP contribution in [0.25, 0.3) is 0 Å². The van der Waals surface area contributed by atoms with E-state index in [0.29, 0.717) is 19.3 Å². The monoisotopic (exact) mass is 300 g/mol. The van der Waals surface area contributed by atoms with E-state index in [0.717, 1.165) is 18.3 Å². The Balaban J connectivity index is 2.10. The molecule has 0 saturated heterocycles. The van der Waals surface area contributed by atoms with Gasteiger partial charge in [-0.05, 0) is 31.2 Å². The normalized spacial score (nSPS) is 22.1. The second-order valence-corrected chi connectivity index (χ2v) is 6.26. The van der Waals surface area contributed by atoms with Gasteiger partial charge in [-0.15, -0.1) is 0 Å². The molecule has 1 saturated carbocycles. The van der Waals surface area contributed by atoms with E-state index in [1.165, 1.54) is 0 Å². The molecule has 1 aromatic carbocycles. The van der Waals surface area contributed by atoms with Crippen LogP contribution in [-0.4, -0.2) is 17.9 Å². The second-order valence-electron chi connectivity index (χ2n) is 6.26. The molecule has 0 unspecified atom stereocenters. The maximum Gasteiger partial charge on any atom is 0.147 e. The van der Waals surface area contributed by atoms with Crippen LogP contribution in [-0.2, 0) is 20.8 Å². The zero-order valence-corrected chi connectivity index (χ0v) is 13.4. The Morgan fingerprint density at radius 1 is 1.14 bits per heavy atom. The molecule has 0 spiro atoms. The van der Waals surface area contributed by atoms with Crippen LogP contribution in [0.3, 0.4) is 0 Å². The van der Waals surface area contributed by atoms with Gasteiger partial charge < -0.3 is 4.79 Å². The number of Topliss-reactive ketones (excluding diaryl/α,β-unsaturated/α-hetero) is 2. The van der Waals surface area contributed by atoms with Gasteiger partial charge in [0.2, 0.25) is 0 Å².